The van der Waals surface area contributed by atoms with E-state index in [-0.39, 0.29) is 17.3 Å². The number of aryl methyl sites for hydroxylation is 1. The second-order valence-electron chi connectivity index (χ2n) is 6.44. The number of carbonyl (C=O) groups is 1. The maximum absolute atomic E-state index is 13.3. The molecular weight excluding hydrogens is 241 g/mol. The minimum absolute atomic E-state index is 0.0377. The van der Waals surface area contributed by atoms with Crippen LogP contribution in [0, 0.1) is 18.7 Å². The molecular formula is C16H24FNO. The molecule has 1 rings (SSSR count). The summed E-state index contributed by atoms with van der Waals surface area (Å²) in [5.74, 6) is 0.0803. The minimum Gasteiger partial charge on any atom is -0.334 e. The Labute approximate surface area is 115 Å². The van der Waals surface area contributed by atoms with Gasteiger partial charge in [0.1, 0.15) is 5.82 Å². The highest BCUT2D eigenvalue weighted by atomic mass is 19.1. The molecule has 19 heavy (non-hydrogen) atoms. The number of hydrogen-bond acceptors (Lipinski definition) is 1. The molecule has 0 N–H and O–H groups in total. The van der Waals surface area contributed by atoms with Gasteiger partial charge in [-0.3, -0.25) is 4.79 Å². The van der Waals surface area contributed by atoms with Crippen molar-refractivity contribution in [2.24, 2.45) is 5.92 Å². The van der Waals surface area contributed by atoms with E-state index < -0.39 is 0 Å². The largest absolute Gasteiger partial charge is 0.334 e. The van der Waals surface area contributed by atoms with E-state index in [2.05, 4.69) is 13.8 Å². The van der Waals surface area contributed by atoms with Crippen LogP contribution in [-0.4, -0.2) is 22.9 Å². The highest BCUT2D eigenvalue weighted by Gasteiger charge is 2.28. The fourth-order valence-electron chi connectivity index (χ4n) is 1.96. The summed E-state index contributed by atoms with van der Waals surface area (Å²) in [6, 6.07) is 4.54. The van der Waals surface area contributed by atoms with Gasteiger partial charge in [-0.25, -0.2) is 4.39 Å². The third kappa shape index (κ3) is 4.05. The quantitative estimate of drug-likeness (QED) is 0.808. The maximum Gasteiger partial charge on any atom is 0.254 e. The Morgan fingerprint density at radius 3 is 2.32 bits per heavy atom. The van der Waals surface area contributed by atoms with E-state index in [0.717, 1.165) is 0 Å². The number of carbonyl (C=O) groups excluding carboxylic acids is 1. The van der Waals surface area contributed by atoms with Crippen molar-refractivity contribution < 1.29 is 9.18 Å². The molecule has 1 aromatic carbocycles. The molecule has 106 valence electrons. The minimum atomic E-state index is -0.275. The first-order valence-electron chi connectivity index (χ1n) is 6.71. The van der Waals surface area contributed by atoms with Crippen LogP contribution in [-0.2, 0) is 0 Å². The van der Waals surface area contributed by atoms with Crippen LogP contribution < -0.4 is 0 Å². The molecule has 0 heterocycles. The first kappa shape index (κ1) is 15.7. The van der Waals surface area contributed by atoms with Crippen LogP contribution in [0.2, 0.25) is 0 Å². The molecule has 0 radical (unpaired) electrons. The first-order valence-corrected chi connectivity index (χ1v) is 6.71. The normalized spacial score (nSPS) is 11.8. The molecule has 0 saturated carbocycles. The SMILES string of the molecule is Cc1cc(C(=O)N(CC(C)C)C(C)(C)C)ccc1F. The zero-order valence-electron chi connectivity index (χ0n) is 12.7. The molecule has 0 unspecified atom stereocenters. The lowest BCUT2D eigenvalue weighted by Crippen LogP contribution is -2.47. The van der Waals surface area contributed by atoms with Crippen LogP contribution >= 0.6 is 0 Å². The van der Waals surface area contributed by atoms with E-state index in [1.807, 2.05) is 25.7 Å². The molecule has 0 aliphatic heterocycles. The predicted molar refractivity (Wildman–Crippen MR) is 76.8 cm³/mol. The van der Waals surface area contributed by atoms with Gasteiger partial charge in [0, 0.05) is 17.6 Å². The van der Waals surface area contributed by atoms with E-state index >= 15 is 0 Å². The second kappa shape index (κ2) is 5.72. The van der Waals surface area contributed by atoms with Gasteiger partial charge in [0.05, 0.1) is 0 Å². The number of rotatable bonds is 3. The van der Waals surface area contributed by atoms with Crippen LogP contribution in [0.25, 0.3) is 0 Å². The van der Waals surface area contributed by atoms with Gasteiger partial charge < -0.3 is 4.90 Å². The van der Waals surface area contributed by atoms with E-state index in [9.17, 15) is 9.18 Å². The van der Waals surface area contributed by atoms with Crippen LogP contribution in [0.15, 0.2) is 18.2 Å². The highest BCUT2D eigenvalue weighted by molar-refractivity contribution is 5.94. The predicted octanol–water partition coefficient (Wildman–Crippen LogP) is 4.03. The van der Waals surface area contributed by atoms with Crippen molar-refractivity contribution in [3.63, 3.8) is 0 Å². The van der Waals surface area contributed by atoms with Gasteiger partial charge in [-0.1, -0.05) is 13.8 Å². The van der Waals surface area contributed by atoms with Gasteiger partial charge in [-0.2, -0.15) is 0 Å². The first-order chi connectivity index (χ1) is 8.62. The molecule has 3 heteroatoms. The Bertz CT molecular complexity index is 460. The monoisotopic (exact) mass is 265 g/mol. The summed E-state index contributed by atoms with van der Waals surface area (Å²) in [5, 5.41) is 0. The topological polar surface area (TPSA) is 20.3 Å². The third-order valence-corrected chi connectivity index (χ3v) is 3.01. The van der Waals surface area contributed by atoms with Crippen molar-refractivity contribution in [2.75, 3.05) is 6.54 Å². The Morgan fingerprint density at radius 2 is 1.89 bits per heavy atom. The summed E-state index contributed by atoms with van der Waals surface area (Å²) in [6.45, 7) is 12.6. The molecule has 1 aromatic rings. The van der Waals surface area contributed by atoms with Gasteiger partial charge in [-0.05, 0) is 57.4 Å². The van der Waals surface area contributed by atoms with Crippen molar-refractivity contribution in [3.8, 4) is 0 Å². The van der Waals surface area contributed by atoms with Crippen molar-refractivity contribution in [2.45, 2.75) is 47.1 Å². The molecule has 0 aliphatic carbocycles. The van der Waals surface area contributed by atoms with Crippen LogP contribution in [0.1, 0.15) is 50.5 Å². The molecule has 1 amide bonds. The Kier molecular flexibility index (Phi) is 4.72. The second-order valence-corrected chi connectivity index (χ2v) is 6.44. The van der Waals surface area contributed by atoms with Crippen LogP contribution in [0.5, 0.6) is 0 Å². The Hall–Kier alpha value is -1.38. The average Bonchev–Trinajstić information content (AvgIpc) is 2.27. The van der Waals surface area contributed by atoms with Gasteiger partial charge in [0.15, 0.2) is 0 Å². The molecule has 0 bridgehead atoms. The number of nitrogens with zero attached hydrogens (tertiary/aromatic N) is 1. The van der Waals surface area contributed by atoms with E-state index in [1.54, 1.807) is 19.1 Å². The fourth-order valence-corrected chi connectivity index (χ4v) is 1.96. The molecule has 0 atom stereocenters. The Morgan fingerprint density at radius 1 is 1.32 bits per heavy atom. The van der Waals surface area contributed by atoms with Gasteiger partial charge >= 0.3 is 0 Å². The van der Waals surface area contributed by atoms with Crippen molar-refractivity contribution >= 4 is 5.91 Å². The van der Waals surface area contributed by atoms with Gasteiger partial charge in [0.25, 0.3) is 5.91 Å². The van der Waals surface area contributed by atoms with Gasteiger partial charge in [0.2, 0.25) is 0 Å². The van der Waals surface area contributed by atoms with E-state index in [1.165, 1.54) is 6.07 Å². The third-order valence-electron chi connectivity index (χ3n) is 3.01. The molecule has 0 spiro atoms. The summed E-state index contributed by atoms with van der Waals surface area (Å²) < 4.78 is 13.3. The van der Waals surface area contributed by atoms with E-state index in [4.69, 9.17) is 0 Å². The van der Waals surface area contributed by atoms with Crippen molar-refractivity contribution in [1.29, 1.82) is 0 Å². The van der Waals surface area contributed by atoms with Gasteiger partial charge in [-0.15, -0.1) is 0 Å². The molecule has 0 fully saturated rings. The molecule has 2 nitrogen and oxygen atoms in total. The average molecular weight is 265 g/mol. The summed E-state index contributed by atoms with van der Waals surface area (Å²) in [6.07, 6.45) is 0. The lowest BCUT2D eigenvalue weighted by molar-refractivity contribution is 0.0547. The fraction of sp³-hybridized carbons (Fsp3) is 0.562. The lowest BCUT2D eigenvalue weighted by atomic mass is 10.0. The summed E-state index contributed by atoms with van der Waals surface area (Å²) in [7, 11) is 0. The standard InChI is InChI=1S/C16H24FNO/c1-11(2)10-18(16(4,5)6)15(19)13-7-8-14(17)12(3)9-13/h7-9,11H,10H2,1-6H3. The highest BCUT2D eigenvalue weighted by Crippen LogP contribution is 2.20. The van der Waals surface area contributed by atoms with Crippen molar-refractivity contribution in [1.82, 2.24) is 4.90 Å². The number of hydrogen-bond donors (Lipinski definition) is 0. The zero-order chi connectivity index (χ0) is 14.8. The smallest absolute Gasteiger partial charge is 0.254 e. The Balaban J connectivity index is 3.08. The molecule has 0 aromatic heterocycles. The summed E-state index contributed by atoms with van der Waals surface area (Å²) in [4.78, 5) is 14.4. The van der Waals surface area contributed by atoms with Crippen molar-refractivity contribution in [3.05, 3.63) is 35.1 Å². The summed E-state index contributed by atoms with van der Waals surface area (Å²) in [5.41, 5.74) is 0.808. The zero-order valence-corrected chi connectivity index (χ0v) is 12.7. The summed E-state index contributed by atoms with van der Waals surface area (Å²) >= 11 is 0. The number of amides is 1. The van der Waals surface area contributed by atoms with Crippen LogP contribution in [0.4, 0.5) is 4.39 Å². The van der Waals surface area contributed by atoms with E-state index in [0.29, 0.717) is 23.6 Å². The molecule has 0 aliphatic rings. The van der Waals surface area contributed by atoms with Crippen LogP contribution in [0.3, 0.4) is 0 Å². The lowest BCUT2D eigenvalue weighted by Gasteiger charge is -2.37. The maximum atomic E-state index is 13.3. The number of halogens is 1. The molecule has 0 saturated heterocycles. The number of benzene rings is 1.